The fourth-order valence-electron chi connectivity index (χ4n) is 2.86. The predicted octanol–water partition coefficient (Wildman–Crippen LogP) is 1.92. The van der Waals surface area contributed by atoms with Crippen LogP contribution in [0, 0.1) is 5.82 Å². The Morgan fingerprint density at radius 1 is 1.35 bits per heavy atom. The van der Waals surface area contributed by atoms with Gasteiger partial charge in [-0.05, 0) is 46.5 Å². The first-order valence-corrected chi connectivity index (χ1v) is 7.38. The molecule has 2 aliphatic rings. The number of carbonyl (C=O) groups excluding carboxylic acids is 2. The third-order valence-corrected chi connectivity index (χ3v) is 4.46. The van der Waals surface area contributed by atoms with E-state index in [1.54, 1.807) is 21.9 Å². The Kier molecular flexibility index (Phi) is 3.50. The molecule has 2 saturated heterocycles. The van der Waals surface area contributed by atoms with Crippen molar-refractivity contribution in [3.05, 3.63) is 34.1 Å². The lowest BCUT2D eigenvalue weighted by molar-refractivity contribution is -0.154. The zero-order valence-corrected chi connectivity index (χ0v) is 12.4. The Bertz CT molecular complexity index is 578. The summed E-state index contributed by atoms with van der Waals surface area (Å²) in [5.41, 5.74) is 0.811. The monoisotopic (exact) mass is 340 g/mol. The first-order chi connectivity index (χ1) is 9.56. The molecule has 1 aromatic rings. The van der Waals surface area contributed by atoms with Crippen LogP contribution in [0.1, 0.15) is 18.4 Å². The molecule has 6 heteroatoms. The molecule has 3 rings (SSSR count). The predicted molar refractivity (Wildman–Crippen MR) is 74.3 cm³/mol. The quantitative estimate of drug-likeness (QED) is 0.825. The summed E-state index contributed by atoms with van der Waals surface area (Å²) in [6, 6.07) is 4.35. The molecule has 0 aliphatic carbocycles. The van der Waals surface area contributed by atoms with Gasteiger partial charge in [-0.25, -0.2) is 4.39 Å². The Hall–Kier alpha value is -1.43. The van der Waals surface area contributed by atoms with E-state index in [2.05, 4.69) is 15.9 Å². The van der Waals surface area contributed by atoms with Crippen molar-refractivity contribution >= 4 is 27.7 Å². The maximum atomic E-state index is 13.2. The maximum Gasteiger partial charge on any atom is 0.246 e. The van der Waals surface area contributed by atoms with Crippen molar-refractivity contribution in [3.63, 3.8) is 0 Å². The van der Waals surface area contributed by atoms with Gasteiger partial charge in [-0.15, -0.1) is 0 Å². The first-order valence-electron chi connectivity index (χ1n) is 6.58. The number of rotatable bonds is 2. The van der Waals surface area contributed by atoms with Gasteiger partial charge in [0.25, 0.3) is 0 Å². The van der Waals surface area contributed by atoms with Crippen LogP contribution >= 0.6 is 15.9 Å². The maximum absolute atomic E-state index is 13.2. The van der Waals surface area contributed by atoms with Crippen molar-refractivity contribution in [2.45, 2.75) is 25.4 Å². The fraction of sp³-hybridized carbons (Fsp3) is 0.429. The lowest BCUT2D eigenvalue weighted by Crippen LogP contribution is -2.56. The van der Waals surface area contributed by atoms with Crippen LogP contribution in [0.25, 0.3) is 0 Å². The van der Waals surface area contributed by atoms with Crippen LogP contribution in [-0.2, 0) is 16.1 Å². The van der Waals surface area contributed by atoms with E-state index in [-0.39, 0.29) is 30.2 Å². The zero-order chi connectivity index (χ0) is 14.3. The zero-order valence-electron chi connectivity index (χ0n) is 10.8. The van der Waals surface area contributed by atoms with Gasteiger partial charge in [0.15, 0.2) is 0 Å². The van der Waals surface area contributed by atoms with Crippen LogP contribution < -0.4 is 0 Å². The summed E-state index contributed by atoms with van der Waals surface area (Å²) >= 11 is 3.13. The van der Waals surface area contributed by atoms with Crippen molar-refractivity contribution in [2.75, 3.05) is 13.1 Å². The Morgan fingerprint density at radius 3 is 2.90 bits per heavy atom. The van der Waals surface area contributed by atoms with Gasteiger partial charge in [-0.2, -0.15) is 0 Å². The number of carbonyl (C=O) groups is 2. The second kappa shape index (κ2) is 5.16. The highest BCUT2D eigenvalue weighted by molar-refractivity contribution is 9.10. The summed E-state index contributed by atoms with van der Waals surface area (Å²) < 4.78 is 13.6. The van der Waals surface area contributed by atoms with Crippen molar-refractivity contribution in [3.8, 4) is 0 Å². The average Bonchev–Trinajstić information content (AvgIpc) is 2.90. The van der Waals surface area contributed by atoms with E-state index in [0.717, 1.165) is 18.4 Å². The van der Waals surface area contributed by atoms with Crippen molar-refractivity contribution in [1.82, 2.24) is 9.80 Å². The van der Waals surface area contributed by atoms with Gasteiger partial charge in [0, 0.05) is 13.1 Å². The molecule has 20 heavy (non-hydrogen) atoms. The second-order valence-electron chi connectivity index (χ2n) is 5.19. The van der Waals surface area contributed by atoms with Crippen LogP contribution in [0.2, 0.25) is 0 Å². The summed E-state index contributed by atoms with van der Waals surface area (Å²) in [5, 5.41) is 0. The standard InChI is InChI=1S/C14H14BrFN2O2/c15-10-6-9(3-4-11(10)16)7-17-8-13(19)18-5-1-2-12(18)14(17)20/h3-4,6,12H,1-2,5,7-8H2. The van der Waals surface area contributed by atoms with Crippen molar-refractivity contribution in [2.24, 2.45) is 0 Å². The van der Waals surface area contributed by atoms with E-state index in [1.165, 1.54) is 6.07 Å². The molecular formula is C14H14BrFN2O2. The Morgan fingerprint density at radius 2 is 2.15 bits per heavy atom. The topological polar surface area (TPSA) is 40.6 Å². The van der Waals surface area contributed by atoms with Gasteiger partial charge in [-0.3, -0.25) is 9.59 Å². The molecule has 2 heterocycles. The summed E-state index contributed by atoms with van der Waals surface area (Å²) in [7, 11) is 0. The lowest BCUT2D eigenvalue weighted by Gasteiger charge is -2.36. The normalized spacial score (nSPS) is 22.4. The number of hydrogen-bond donors (Lipinski definition) is 0. The van der Waals surface area contributed by atoms with E-state index in [1.807, 2.05) is 0 Å². The van der Waals surface area contributed by atoms with Gasteiger partial charge in [-0.1, -0.05) is 6.07 Å². The molecule has 0 bridgehead atoms. The summed E-state index contributed by atoms with van der Waals surface area (Å²) in [6.07, 6.45) is 1.63. The van der Waals surface area contributed by atoms with Crippen LogP contribution in [-0.4, -0.2) is 40.7 Å². The SMILES string of the molecule is O=C1C2CCCN2C(=O)CN1Cc1ccc(F)c(Br)c1. The molecule has 0 N–H and O–H groups in total. The summed E-state index contributed by atoms with van der Waals surface area (Å²) in [4.78, 5) is 27.6. The molecule has 4 nitrogen and oxygen atoms in total. The molecule has 0 saturated carbocycles. The third kappa shape index (κ3) is 2.32. The minimum Gasteiger partial charge on any atom is -0.329 e. The molecule has 0 radical (unpaired) electrons. The fourth-order valence-corrected chi connectivity index (χ4v) is 3.28. The second-order valence-corrected chi connectivity index (χ2v) is 6.04. The largest absolute Gasteiger partial charge is 0.329 e. The highest BCUT2D eigenvalue weighted by Crippen LogP contribution is 2.25. The minimum absolute atomic E-state index is 0.00236. The van der Waals surface area contributed by atoms with Crippen molar-refractivity contribution in [1.29, 1.82) is 0 Å². The Balaban J connectivity index is 1.78. The van der Waals surface area contributed by atoms with E-state index in [0.29, 0.717) is 17.6 Å². The number of amides is 2. The number of fused-ring (bicyclic) bond motifs is 1. The third-order valence-electron chi connectivity index (χ3n) is 3.85. The minimum atomic E-state index is -0.336. The number of benzene rings is 1. The molecule has 2 fully saturated rings. The molecule has 0 aromatic heterocycles. The van der Waals surface area contributed by atoms with Crippen LogP contribution in [0.4, 0.5) is 4.39 Å². The molecule has 2 aliphatic heterocycles. The van der Waals surface area contributed by atoms with E-state index < -0.39 is 0 Å². The summed E-state index contributed by atoms with van der Waals surface area (Å²) in [5.74, 6) is -0.326. The van der Waals surface area contributed by atoms with E-state index in [9.17, 15) is 14.0 Å². The highest BCUT2D eigenvalue weighted by atomic mass is 79.9. The van der Waals surface area contributed by atoms with Crippen LogP contribution in [0.15, 0.2) is 22.7 Å². The van der Waals surface area contributed by atoms with Crippen molar-refractivity contribution < 1.29 is 14.0 Å². The van der Waals surface area contributed by atoms with Gasteiger partial charge >= 0.3 is 0 Å². The molecule has 106 valence electrons. The average molecular weight is 341 g/mol. The molecular weight excluding hydrogens is 327 g/mol. The van der Waals surface area contributed by atoms with Gasteiger partial charge in [0.1, 0.15) is 18.4 Å². The number of piperazine rings is 1. The van der Waals surface area contributed by atoms with Gasteiger partial charge in [0.05, 0.1) is 4.47 Å². The van der Waals surface area contributed by atoms with Crippen LogP contribution in [0.3, 0.4) is 0 Å². The number of halogens is 2. The van der Waals surface area contributed by atoms with E-state index >= 15 is 0 Å². The highest BCUT2D eigenvalue weighted by Gasteiger charge is 2.41. The summed E-state index contributed by atoms with van der Waals surface area (Å²) in [6.45, 7) is 1.14. The Labute approximate surface area is 124 Å². The molecule has 0 spiro atoms. The smallest absolute Gasteiger partial charge is 0.246 e. The molecule has 1 unspecified atom stereocenters. The van der Waals surface area contributed by atoms with Crippen LogP contribution in [0.5, 0.6) is 0 Å². The van der Waals surface area contributed by atoms with Gasteiger partial charge < -0.3 is 9.80 Å². The number of hydrogen-bond acceptors (Lipinski definition) is 2. The molecule has 2 amide bonds. The molecule has 1 aromatic carbocycles. The lowest BCUT2D eigenvalue weighted by atomic mass is 10.1. The van der Waals surface area contributed by atoms with E-state index in [4.69, 9.17) is 0 Å². The van der Waals surface area contributed by atoms with Gasteiger partial charge in [0.2, 0.25) is 11.8 Å². The first kappa shape index (κ1) is 13.5. The molecule has 1 atom stereocenters. The number of nitrogens with zero attached hydrogens (tertiary/aromatic N) is 2.